The molecule has 288 valence electrons. The Morgan fingerprint density at radius 1 is 0.839 bits per heavy atom. The molecule has 3 N–H and O–H groups in total. The van der Waals surface area contributed by atoms with E-state index in [4.69, 9.17) is 0 Å². The van der Waals surface area contributed by atoms with Crippen molar-refractivity contribution >= 4 is 40.5 Å². The minimum Gasteiger partial charge on any atom is -0.508 e. The molecular weight excluding hydrogens is 929 g/mol. The SMILES string of the molecule is CC/C(=C(/c1cc[c-]cc1)c1ccc(O)cc1)c1ccccc1.[CH2-]CN1CCCN(CCCNc2ccc3c(c2)C(=O)N(C2CCC(=O)NC2=O)C3=O)CC1.[U+2]. The molecule has 7 rings (SSSR count). The number of piperidine rings is 1. The fourth-order valence-electron chi connectivity index (χ4n) is 7.45. The van der Waals surface area contributed by atoms with E-state index >= 15 is 0 Å². The molecule has 0 spiro atoms. The first-order chi connectivity index (χ1) is 26.8. The van der Waals surface area contributed by atoms with Gasteiger partial charge < -0.3 is 27.1 Å². The number of imide groups is 2. The van der Waals surface area contributed by atoms with Crippen LogP contribution in [-0.2, 0) is 9.59 Å². The van der Waals surface area contributed by atoms with Gasteiger partial charge in [-0.1, -0.05) is 49.4 Å². The Hall–Kier alpha value is -4.53. The van der Waals surface area contributed by atoms with Crippen molar-refractivity contribution in [2.24, 2.45) is 0 Å². The number of phenolic OH excluding ortho intramolecular Hbond substituents is 1. The van der Waals surface area contributed by atoms with Crippen LogP contribution in [0.3, 0.4) is 0 Å². The first-order valence-corrected chi connectivity index (χ1v) is 19.1. The van der Waals surface area contributed by atoms with Crippen molar-refractivity contribution in [2.75, 3.05) is 51.1 Å². The van der Waals surface area contributed by atoms with Crippen LogP contribution < -0.4 is 10.6 Å². The number of aromatic hydroxyl groups is 1. The van der Waals surface area contributed by atoms with E-state index in [1.54, 1.807) is 30.3 Å². The maximum Gasteiger partial charge on any atom is 2.00 e. The predicted octanol–water partition coefficient (Wildman–Crippen LogP) is 6.29. The molecule has 0 aliphatic carbocycles. The number of carbonyl (C=O) groups is 4. The molecule has 56 heavy (non-hydrogen) atoms. The summed E-state index contributed by atoms with van der Waals surface area (Å²) in [6.07, 6.45) is 3.33. The average Bonchev–Trinajstić information content (AvgIpc) is 3.32. The third kappa shape index (κ3) is 10.4. The molecule has 4 aromatic carbocycles. The maximum atomic E-state index is 12.9. The van der Waals surface area contributed by atoms with Crippen LogP contribution >= 0.6 is 0 Å². The number of benzene rings is 4. The van der Waals surface area contributed by atoms with Crippen LogP contribution in [0.2, 0.25) is 0 Å². The van der Waals surface area contributed by atoms with Crippen LogP contribution in [-0.4, -0.2) is 95.3 Å². The van der Waals surface area contributed by atoms with E-state index in [9.17, 15) is 24.3 Å². The summed E-state index contributed by atoms with van der Waals surface area (Å²) in [6.45, 7) is 13.1. The number of rotatable bonds is 11. The van der Waals surface area contributed by atoms with E-state index in [0.717, 1.165) is 86.8 Å². The summed E-state index contributed by atoms with van der Waals surface area (Å²) < 4.78 is 0. The van der Waals surface area contributed by atoms with E-state index in [2.05, 4.69) is 76.7 Å². The second-order valence-electron chi connectivity index (χ2n) is 13.9. The number of nitrogens with one attached hydrogen (secondary N) is 2. The molecule has 0 bridgehead atoms. The number of amides is 4. The summed E-state index contributed by atoms with van der Waals surface area (Å²) in [6, 6.07) is 33.2. The van der Waals surface area contributed by atoms with Crippen LogP contribution in [0.4, 0.5) is 5.69 Å². The Labute approximate surface area is 353 Å². The summed E-state index contributed by atoms with van der Waals surface area (Å²) in [5.74, 6) is -1.66. The van der Waals surface area contributed by atoms with E-state index in [-0.39, 0.29) is 55.6 Å². The number of phenols is 1. The van der Waals surface area contributed by atoms with Gasteiger partial charge in [-0.05, 0) is 97.9 Å². The van der Waals surface area contributed by atoms with Crippen molar-refractivity contribution in [2.45, 2.75) is 45.1 Å². The van der Waals surface area contributed by atoms with Crippen molar-refractivity contribution in [3.05, 3.63) is 138 Å². The van der Waals surface area contributed by atoms with Crippen molar-refractivity contribution < 1.29 is 55.4 Å². The second-order valence-corrected chi connectivity index (χ2v) is 13.9. The fraction of sp³-hybridized carbons (Fsp3) is 0.311. The molecular formula is C45H49N5O5U. The van der Waals surface area contributed by atoms with E-state index in [1.807, 2.05) is 30.3 Å². The van der Waals surface area contributed by atoms with Crippen LogP contribution in [0, 0.1) is 44.1 Å². The molecule has 3 heterocycles. The minimum absolute atomic E-state index is 0. The zero-order valence-corrected chi connectivity index (χ0v) is 36.1. The molecule has 3 aliphatic rings. The Bertz CT molecular complexity index is 2000. The number of carbonyl (C=O) groups excluding carboxylic acids is 4. The molecule has 4 amide bonds. The molecule has 0 aromatic heterocycles. The summed E-state index contributed by atoms with van der Waals surface area (Å²) in [5.41, 5.74) is 7.36. The van der Waals surface area contributed by atoms with Crippen LogP contribution in [0.5, 0.6) is 5.75 Å². The molecule has 1 unspecified atom stereocenters. The van der Waals surface area contributed by atoms with Gasteiger partial charge in [-0.25, -0.2) is 0 Å². The smallest absolute Gasteiger partial charge is 0.508 e. The van der Waals surface area contributed by atoms with Gasteiger partial charge in [0.15, 0.2) is 0 Å². The molecule has 3 aliphatic heterocycles. The Morgan fingerprint density at radius 3 is 2.21 bits per heavy atom. The molecule has 4 aromatic rings. The summed E-state index contributed by atoms with van der Waals surface area (Å²) >= 11 is 0. The fourth-order valence-corrected chi connectivity index (χ4v) is 7.45. The zero-order valence-electron chi connectivity index (χ0n) is 31.9. The summed E-state index contributed by atoms with van der Waals surface area (Å²) in [5, 5.41) is 15.2. The molecule has 0 radical (unpaired) electrons. The Morgan fingerprint density at radius 2 is 1.52 bits per heavy atom. The van der Waals surface area contributed by atoms with Crippen molar-refractivity contribution in [3.8, 4) is 5.75 Å². The molecule has 11 heteroatoms. The van der Waals surface area contributed by atoms with Crippen LogP contribution in [0.25, 0.3) is 11.1 Å². The Kier molecular flexibility index (Phi) is 15.7. The largest absolute Gasteiger partial charge is 2.00 e. The predicted molar refractivity (Wildman–Crippen MR) is 215 cm³/mol. The van der Waals surface area contributed by atoms with Gasteiger partial charge >= 0.3 is 31.1 Å². The number of hydrogen-bond donors (Lipinski definition) is 3. The molecule has 0 saturated carbocycles. The molecule has 2 saturated heterocycles. The number of nitrogens with zero attached hydrogens (tertiary/aromatic N) is 3. The average molecular weight is 978 g/mol. The summed E-state index contributed by atoms with van der Waals surface area (Å²) in [7, 11) is 0. The molecule has 1 atom stereocenters. The van der Waals surface area contributed by atoms with E-state index in [0.29, 0.717) is 11.1 Å². The van der Waals surface area contributed by atoms with E-state index in [1.165, 1.54) is 16.7 Å². The number of allylic oxidation sites excluding steroid dienone is 1. The van der Waals surface area contributed by atoms with Gasteiger partial charge in [-0.3, -0.25) is 29.4 Å². The first kappa shape index (κ1) is 42.6. The third-order valence-corrected chi connectivity index (χ3v) is 10.4. The quantitative estimate of drug-likeness (QED) is 0.0695. The van der Waals surface area contributed by atoms with Gasteiger partial charge in [0.25, 0.3) is 11.8 Å². The number of anilines is 1. The second kappa shape index (κ2) is 20.6. The Balaban J connectivity index is 0.000000222. The van der Waals surface area contributed by atoms with Gasteiger partial charge in [0.2, 0.25) is 11.8 Å². The van der Waals surface area contributed by atoms with Crippen molar-refractivity contribution in [1.29, 1.82) is 0 Å². The third-order valence-electron chi connectivity index (χ3n) is 10.4. The molecule has 2 fully saturated rings. The van der Waals surface area contributed by atoms with Crippen LogP contribution in [0.15, 0.2) is 97.1 Å². The number of hydrogen-bond acceptors (Lipinski definition) is 8. The van der Waals surface area contributed by atoms with Gasteiger partial charge in [0, 0.05) is 31.7 Å². The standard InChI is InChI=1S/C23H30N5O4.C22H19O.U/c1-2-26-11-4-12-27(14-13-26)10-3-9-24-16-5-6-17-18(15-16)23(32)28(22(17)31)19-7-8-20(29)25-21(19)30;1-2-21(17-9-5-3-6-10-17)22(18-11-7-4-8-12-18)19-13-15-20(23)16-14-19;/h5-6,15,19,24H,1-4,7-14H2,(H,25,29,30);3,5-16,23H,2H2,1H3;/q2*-1;+2/b;22-21+;. The minimum atomic E-state index is -0.940. The van der Waals surface area contributed by atoms with Gasteiger partial charge in [0.1, 0.15) is 11.8 Å². The zero-order chi connectivity index (χ0) is 38.7. The number of fused-ring (bicyclic) bond motifs is 1. The maximum absolute atomic E-state index is 12.9. The van der Waals surface area contributed by atoms with E-state index < -0.39 is 23.8 Å². The van der Waals surface area contributed by atoms with Crippen LogP contribution in [0.1, 0.15) is 76.4 Å². The van der Waals surface area contributed by atoms with Gasteiger partial charge in [-0.15, -0.1) is 12.1 Å². The van der Waals surface area contributed by atoms with Crippen molar-refractivity contribution in [3.63, 3.8) is 0 Å². The monoisotopic (exact) mass is 977 g/mol. The normalized spacial score (nSPS) is 17.8. The van der Waals surface area contributed by atoms with Crippen molar-refractivity contribution in [1.82, 2.24) is 20.0 Å². The molecule has 10 nitrogen and oxygen atoms in total. The van der Waals surface area contributed by atoms with Gasteiger partial charge in [-0.2, -0.15) is 30.3 Å². The van der Waals surface area contributed by atoms with Gasteiger partial charge in [0.05, 0.1) is 11.1 Å². The topological polar surface area (TPSA) is 122 Å². The summed E-state index contributed by atoms with van der Waals surface area (Å²) in [4.78, 5) is 55.1. The first-order valence-electron chi connectivity index (χ1n) is 19.1.